The quantitative estimate of drug-likeness (QED) is 0.845. The van der Waals surface area contributed by atoms with Gasteiger partial charge in [-0.1, -0.05) is 25.0 Å². The molecule has 1 saturated heterocycles. The fraction of sp³-hybridized carbons (Fsp3) is 0.450. The number of carbonyl (C=O) groups excluding carboxylic acids is 1. The number of methoxy groups -OCH3 is 1. The SMILES string of the molecule is COc1cccc(C(=O)NC[C@H](c2cccs2)N2CCCCCC2)c1. The number of nitrogens with zero attached hydrogens (tertiary/aromatic N) is 1. The second-order valence-corrected chi connectivity index (χ2v) is 7.40. The molecule has 0 spiro atoms. The third kappa shape index (κ3) is 4.83. The Hall–Kier alpha value is -1.85. The molecule has 1 amide bonds. The zero-order valence-electron chi connectivity index (χ0n) is 14.7. The number of nitrogens with one attached hydrogen (secondary N) is 1. The molecule has 2 aromatic rings. The molecule has 0 unspecified atom stereocenters. The van der Waals surface area contributed by atoms with Crippen molar-refractivity contribution in [2.45, 2.75) is 31.7 Å². The van der Waals surface area contributed by atoms with Crippen LogP contribution in [0.3, 0.4) is 0 Å². The van der Waals surface area contributed by atoms with E-state index >= 15 is 0 Å². The summed E-state index contributed by atoms with van der Waals surface area (Å²) in [6.45, 7) is 2.85. The lowest BCUT2D eigenvalue weighted by atomic mass is 10.1. The Balaban J connectivity index is 1.68. The number of amides is 1. The molecule has 0 radical (unpaired) electrons. The van der Waals surface area contributed by atoms with Gasteiger partial charge in [0.05, 0.1) is 13.2 Å². The maximum absolute atomic E-state index is 12.6. The standard InChI is InChI=1S/C20H26N2O2S/c1-24-17-9-6-8-16(14-17)20(23)21-15-18(19-10-7-13-25-19)22-11-4-2-3-5-12-22/h6-10,13-14,18H,2-5,11-12,15H2,1H3,(H,21,23)/t18-/m1/s1. The van der Waals surface area contributed by atoms with Crippen LogP contribution in [0.15, 0.2) is 41.8 Å². The topological polar surface area (TPSA) is 41.6 Å². The molecule has 1 N–H and O–H groups in total. The fourth-order valence-corrected chi connectivity index (χ4v) is 4.21. The molecule has 0 saturated carbocycles. The van der Waals surface area contributed by atoms with Crippen molar-refractivity contribution in [2.24, 2.45) is 0 Å². The predicted octanol–water partition coefficient (Wildman–Crippen LogP) is 4.10. The molecule has 25 heavy (non-hydrogen) atoms. The van der Waals surface area contributed by atoms with E-state index in [0.717, 1.165) is 13.1 Å². The zero-order chi connectivity index (χ0) is 17.5. The first kappa shape index (κ1) is 18.0. The third-order valence-corrected chi connectivity index (χ3v) is 5.71. The van der Waals surface area contributed by atoms with E-state index in [1.54, 1.807) is 24.5 Å². The number of carbonyl (C=O) groups is 1. The molecule has 1 aliphatic rings. The third-order valence-electron chi connectivity index (χ3n) is 4.74. The lowest BCUT2D eigenvalue weighted by Crippen LogP contribution is -2.38. The largest absolute Gasteiger partial charge is 0.497 e. The average Bonchev–Trinajstić information content (AvgIpc) is 3.04. The highest BCUT2D eigenvalue weighted by molar-refractivity contribution is 7.10. The van der Waals surface area contributed by atoms with Crippen LogP contribution in [-0.2, 0) is 0 Å². The van der Waals surface area contributed by atoms with E-state index in [9.17, 15) is 4.79 Å². The summed E-state index contributed by atoms with van der Waals surface area (Å²) in [5, 5.41) is 5.24. The molecular weight excluding hydrogens is 332 g/mol. The first-order chi connectivity index (χ1) is 12.3. The molecule has 4 nitrogen and oxygen atoms in total. The van der Waals surface area contributed by atoms with Gasteiger partial charge < -0.3 is 10.1 Å². The van der Waals surface area contributed by atoms with Crippen molar-refractivity contribution in [3.05, 3.63) is 52.2 Å². The Kier molecular flexibility index (Phi) is 6.48. The van der Waals surface area contributed by atoms with E-state index in [0.29, 0.717) is 17.9 Å². The average molecular weight is 359 g/mol. The number of thiophene rings is 1. The van der Waals surface area contributed by atoms with Crippen LogP contribution in [0.1, 0.15) is 47.0 Å². The smallest absolute Gasteiger partial charge is 0.251 e. The van der Waals surface area contributed by atoms with Crippen molar-refractivity contribution in [1.82, 2.24) is 10.2 Å². The van der Waals surface area contributed by atoms with E-state index in [-0.39, 0.29) is 11.9 Å². The van der Waals surface area contributed by atoms with Crippen molar-refractivity contribution in [3.8, 4) is 5.75 Å². The predicted molar refractivity (Wildman–Crippen MR) is 102 cm³/mol. The first-order valence-electron chi connectivity index (χ1n) is 8.97. The molecule has 0 aliphatic carbocycles. The highest BCUT2D eigenvalue weighted by Gasteiger charge is 2.23. The van der Waals surface area contributed by atoms with Gasteiger partial charge in [-0.2, -0.15) is 0 Å². The van der Waals surface area contributed by atoms with E-state index in [2.05, 4.69) is 27.7 Å². The van der Waals surface area contributed by atoms with Crippen LogP contribution in [0.25, 0.3) is 0 Å². The van der Waals surface area contributed by atoms with Crippen LogP contribution >= 0.6 is 11.3 Å². The zero-order valence-corrected chi connectivity index (χ0v) is 15.6. The summed E-state index contributed by atoms with van der Waals surface area (Å²) in [5.41, 5.74) is 0.639. The summed E-state index contributed by atoms with van der Waals surface area (Å²) < 4.78 is 5.21. The highest BCUT2D eigenvalue weighted by atomic mass is 32.1. The van der Waals surface area contributed by atoms with Crippen LogP contribution in [0, 0.1) is 0 Å². The number of hydrogen-bond donors (Lipinski definition) is 1. The number of ether oxygens (including phenoxy) is 1. The summed E-state index contributed by atoms with van der Waals surface area (Å²) in [6.07, 6.45) is 5.10. The van der Waals surface area contributed by atoms with Crippen LogP contribution in [0.5, 0.6) is 5.75 Å². The summed E-state index contributed by atoms with van der Waals surface area (Å²) >= 11 is 1.77. The van der Waals surface area contributed by atoms with Gasteiger partial charge in [0.1, 0.15) is 5.75 Å². The van der Waals surface area contributed by atoms with Crippen LogP contribution in [-0.4, -0.2) is 37.6 Å². The number of likely N-dealkylation sites (tertiary alicyclic amines) is 1. The van der Waals surface area contributed by atoms with Crippen LogP contribution < -0.4 is 10.1 Å². The first-order valence-corrected chi connectivity index (χ1v) is 9.85. The summed E-state index contributed by atoms with van der Waals surface area (Å²) in [7, 11) is 1.61. The van der Waals surface area contributed by atoms with Crippen LogP contribution in [0.2, 0.25) is 0 Å². The van der Waals surface area contributed by atoms with Gasteiger partial charge in [0.2, 0.25) is 0 Å². The molecule has 1 aromatic heterocycles. The minimum Gasteiger partial charge on any atom is -0.497 e. The Labute approximate surface area is 153 Å². The van der Waals surface area contributed by atoms with E-state index in [1.807, 2.05) is 18.2 Å². The number of rotatable bonds is 6. The van der Waals surface area contributed by atoms with Gasteiger partial charge in [0, 0.05) is 17.0 Å². The summed E-state index contributed by atoms with van der Waals surface area (Å²) in [5.74, 6) is 0.658. The second-order valence-electron chi connectivity index (χ2n) is 6.42. The molecule has 1 aliphatic heterocycles. The van der Waals surface area contributed by atoms with E-state index in [4.69, 9.17) is 4.74 Å². The van der Waals surface area contributed by atoms with E-state index in [1.165, 1.54) is 30.6 Å². The normalized spacial score (nSPS) is 16.8. The van der Waals surface area contributed by atoms with E-state index < -0.39 is 0 Å². The molecule has 1 fully saturated rings. The molecule has 5 heteroatoms. The molecule has 0 bridgehead atoms. The van der Waals surface area contributed by atoms with Gasteiger partial charge in [-0.3, -0.25) is 9.69 Å². The molecule has 3 rings (SSSR count). The summed E-state index contributed by atoms with van der Waals surface area (Å²) in [4.78, 5) is 16.4. The van der Waals surface area contributed by atoms with Gasteiger partial charge in [0.25, 0.3) is 5.91 Å². The van der Waals surface area contributed by atoms with Crippen molar-refractivity contribution in [3.63, 3.8) is 0 Å². The number of hydrogen-bond acceptors (Lipinski definition) is 4. The lowest BCUT2D eigenvalue weighted by Gasteiger charge is -2.30. The van der Waals surface area contributed by atoms with Crippen molar-refractivity contribution in [2.75, 3.05) is 26.7 Å². The highest BCUT2D eigenvalue weighted by Crippen LogP contribution is 2.27. The van der Waals surface area contributed by atoms with Gasteiger partial charge >= 0.3 is 0 Å². The minimum atomic E-state index is -0.0460. The van der Waals surface area contributed by atoms with Crippen molar-refractivity contribution in [1.29, 1.82) is 0 Å². The van der Waals surface area contributed by atoms with Gasteiger partial charge in [0.15, 0.2) is 0 Å². The van der Waals surface area contributed by atoms with Gasteiger partial charge in [-0.25, -0.2) is 0 Å². The monoisotopic (exact) mass is 358 g/mol. The van der Waals surface area contributed by atoms with Gasteiger partial charge in [-0.05, 0) is 55.6 Å². The minimum absolute atomic E-state index is 0.0460. The second kappa shape index (κ2) is 9.02. The molecule has 1 aromatic carbocycles. The van der Waals surface area contributed by atoms with Crippen LogP contribution in [0.4, 0.5) is 0 Å². The molecule has 134 valence electrons. The number of benzene rings is 1. The lowest BCUT2D eigenvalue weighted by molar-refractivity contribution is 0.0933. The van der Waals surface area contributed by atoms with Crippen molar-refractivity contribution < 1.29 is 9.53 Å². The van der Waals surface area contributed by atoms with Crippen molar-refractivity contribution >= 4 is 17.2 Å². The maximum atomic E-state index is 12.6. The molecular formula is C20H26N2O2S. The molecule has 2 heterocycles. The molecule has 1 atom stereocenters. The Morgan fingerprint density at radius 1 is 1.20 bits per heavy atom. The Morgan fingerprint density at radius 3 is 2.68 bits per heavy atom. The maximum Gasteiger partial charge on any atom is 0.251 e. The Morgan fingerprint density at radius 2 is 2.00 bits per heavy atom. The Bertz CT molecular complexity index is 664. The fourth-order valence-electron chi connectivity index (χ4n) is 3.35. The van der Waals surface area contributed by atoms with Gasteiger partial charge in [-0.15, -0.1) is 11.3 Å². The summed E-state index contributed by atoms with van der Waals surface area (Å²) in [6, 6.07) is 11.8.